The maximum Gasteiger partial charge on any atom is 0.306 e. The van der Waals surface area contributed by atoms with Crippen molar-refractivity contribution in [3.05, 3.63) is 97.2 Å². The van der Waals surface area contributed by atoms with E-state index in [9.17, 15) is 35.1 Å². The molecule has 0 saturated carbocycles. The average molecular weight is 1020 g/mol. The van der Waals surface area contributed by atoms with Gasteiger partial charge in [-0.1, -0.05) is 221 Å². The van der Waals surface area contributed by atoms with E-state index in [0.717, 1.165) is 96.3 Å². The van der Waals surface area contributed by atoms with Crippen molar-refractivity contribution in [3.63, 3.8) is 0 Å². The quantitative estimate of drug-likeness (QED) is 0.0196. The first-order valence-electron chi connectivity index (χ1n) is 29.0. The number of allylic oxidation sites excluding steroid dienone is 15. The molecule has 8 unspecified atom stereocenters. The summed E-state index contributed by atoms with van der Waals surface area (Å²) in [5, 5.41) is 56.7. The number of hydrogen-bond acceptors (Lipinski definition) is 10. The highest BCUT2D eigenvalue weighted by Gasteiger charge is 2.47. The lowest BCUT2D eigenvalue weighted by Gasteiger charge is -2.41. The second kappa shape index (κ2) is 49.5. The van der Waals surface area contributed by atoms with Crippen LogP contribution < -0.4 is 5.32 Å². The third-order valence-electron chi connectivity index (χ3n) is 13.0. The summed E-state index contributed by atoms with van der Waals surface area (Å²) in [6, 6.07) is -1.05. The van der Waals surface area contributed by atoms with E-state index in [2.05, 4.69) is 99.0 Å². The summed E-state index contributed by atoms with van der Waals surface area (Å²) in [7, 11) is 0. The van der Waals surface area contributed by atoms with Crippen molar-refractivity contribution in [2.24, 2.45) is 0 Å². The predicted octanol–water partition coefficient (Wildman–Crippen LogP) is 13.2. The molecule has 0 aromatic carbocycles. The van der Waals surface area contributed by atoms with Gasteiger partial charge in [0.1, 0.15) is 24.4 Å². The minimum Gasteiger partial charge on any atom is -0.454 e. The van der Waals surface area contributed by atoms with Gasteiger partial charge in [-0.2, -0.15) is 0 Å². The number of unbranched alkanes of at least 4 members (excludes halogenated alkanes) is 19. The van der Waals surface area contributed by atoms with E-state index in [4.69, 9.17) is 14.2 Å². The molecule has 11 heteroatoms. The summed E-state index contributed by atoms with van der Waals surface area (Å²) in [4.78, 5) is 26.4. The van der Waals surface area contributed by atoms with Crippen LogP contribution in [0.15, 0.2) is 97.2 Å². The van der Waals surface area contributed by atoms with Crippen LogP contribution in [-0.2, 0) is 23.8 Å². The van der Waals surface area contributed by atoms with Crippen LogP contribution in [0.4, 0.5) is 0 Å². The molecule has 0 aromatic rings. The molecule has 1 amide bonds. The molecule has 1 fully saturated rings. The molecule has 1 heterocycles. The van der Waals surface area contributed by atoms with Gasteiger partial charge in [-0.25, -0.2) is 0 Å². The molecule has 11 nitrogen and oxygen atoms in total. The Morgan fingerprint density at radius 1 is 0.548 bits per heavy atom. The van der Waals surface area contributed by atoms with Gasteiger partial charge in [-0.05, 0) is 89.9 Å². The number of aliphatic hydroxyl groups excluding tert-OH is 5. The van der Waals surface area contributed by atoms with E-state index in [1.54, 1.807) is 6.08 Å². The number of ether oxygens (including phenoxy) is 3. The summed E-state index contributed by atoms with van der Waals surface area (Å²) in [5.74, 6) is -1.29. The number of carbonyl (C=O) groups excluding carboxylic acids is 2. The van der Waals surface area contributed by atoms with Gasteiger partial charge in [-0.3, -0.25) is 9.59 Å². The van der Waals surface area contributed by atoms with E-state index >= 15 is 0 Å². The zero-order chi connectivity index (χ0) is 53.3. The minimum atomic E-state index is -1.64. The lowest BCUT2D eigenvalue weighted by molar-refractivity contribution is -0.305. The van der Waals surface area contributed by atoms with Gasteiger partial charge in [-0.15, -0.1) is 0 Å². The van der Waals surface area contributed by atoms with Gasteiger partial charge >= 0.3 is 5.97 Å². The van der Waals surface area contributed by atoms with Crippen LogP contribution >= 0.6 is 0 Å². The maximum absolute atomic E-state index is 13.4. The minimum absolute atomic E-state index is 0.0107. The van der Waals surface area contributed by atoms with Crippen molar-refractivity contribution in [2.75, 3.05) is 13.2 Å². The second-order valence-electron chi connectivity index (χ2n) is 19.6. The third kappa shape index (κ3) is 37.9. The van der Waals surface area contributed by atoms with Crippen molar-refractivity contribution in [1.82, 2.24) is 5.32 Å². The molecular formula is C62H105NO10. The molecule has 0 radical (unpaired) electrons. The summed E-state index contributed by atoms with van der Waals surface area (Å²) in [6.07, 6.45) is 54.6. The lowest BCUT2D eigenvalue weighted by atomic mass is 9.99. The first-order chi connectivity index (χ1) is 35.7. The second-order valence-corrected chi connectivity index (χ2v) is 19.6. The largest absolute Gasteiger partial charge is 0.454 e. The maximum atomic E-state index is 13.4. The molecule has 0 aromatic heterocycles. The van der Waals surface area contributed by atoms with Crippen molar-refractivity contribution in [1.29, 1.82) is 0 Å². The molecule has 1 saturated heterocycles. The van der Waals surface area contributed by atoms with Gasteiger partial charge in [0, 0.05) is 6.42 Å². The molecule has 1 rings (SSSR count). The summed E-state index contributed by atoms with van der Waals surface area (Å²) < 4.78 is 17.5. The number of hydrogen-bond donors (Lipinski definition) is 6. The van der Waals surface area contributed by atoms with Crippen molar-refractivity contribution >= 4 is 11.9 Å². The van der Waals surface area contributed by atoms with Gasteiger partial charge < -0.3 is 45.1 Å². The van der Waals surface area contributed by atoms with Crippen molar-refractivity contribution in [2.45, 2.75) is 269 Å². The van der Waals surface area contributed by atoms with Gasteiger partial charge in [0.05, 0.1) is 25.4 Å². The third-order valence-corrected chi connectivity index (χ3v) is 13.0. The fraction of sp³-hybridized carbons (Fsp3) is 0.710. The van der Waals surface area contributed by atoms with Crippen molar-refractivity contribution < 1.29 is 49.3 Å². The smallest absolute Gasteiger partial charge is 0.306 e. The van der Waals surface area contributed by atoms with Crippen molar-refractivity contribution in [3.8, 4) is 0 Å². The molecule has 73 heavy (non-hydrogen) atoms. The van der Waals surface area contributed by atoms with Crippen LogP contribution in [0, 0.1) is 0 Å². The van der Waals surface area contributed by atoms with Crippen LogP contribution in [0.5, 0.6) is 0 Å². The summed E-state index contributed by atoms with van der Waals surface area (Å²) >= 11 is 0. The number of rotatable bonds is 47. The predicted molar refractivity (Wildman–Crippen MR) is 301 cm³/mol. The normalized spacial score (nSPS) is 20.1. The fourth-order valence-corrected chi connectivity index (χ4v) is 8.38. The van der Waals surface area contributed by atoms with Gasteiger partial charge in [0.2, 0.25) is 5.91 Å². The standard InChI is InChI=1S/C62H105NO10/c1-4-7-10-13-16-19-22-24-25-26-27-28-29-30-32-34-37-40-43-46-49-55(66)61(70)63-53(54(65)48-45-42-39-36-33-21-18-15-12-9-6-3)52-71-62-60(59(69)58(68)56(51-64)72-62)73-57(67)50-47-44-41-38-35-31-23-20-17-14-11-8-5-2/h7,10,16,19,24-25,27-28,30-32,35,41,44-45,48,53-56,58-60,62,64-66,68-69H,4-6,8-9,11-15,17-18,20-23,26,29,33-34,36-40,42-43,46-47,49-52H2,1-3H3,(H,63,70)/b10-7-,19-16-,25-24-,28-27-,32-30-,35-31-,44-41+,48-45+. The Kier molecular flexibility index (Phi) is 45.8. The first kappa shape index (κ1) is 67.6. The molecule has 418 valence electrons. The van der Waals surface area contributed by atoms with E-state index in [1.165, 1.54) is 77.0 Å². The van der Waals surface area contributed by atoms with Crippen LogP contribution in [0.3, 0.4) is 0 Å². The molecule has 0 bridgehead atoms. The summed E-state index contributed by atoms with van der Waals surface area (Å²) in [6.45, 7) is 5.59. The zero-order valence-corrected chi connectivity index (χ0v) is 46.0. The van der Waals surface area contributed by atoms with E-state index in [-0.39, 0.29) is 19.4 Å². The van der Waals surface area contributed by atoms with Crippen LogP contribution in [0.2, 0.25) is 0 Å². The van der Waals surface area contributed by atoms with Gasteiger partial charge in [0.15, 0.2) is 12.4 Å². The molecule has 0 spiro atoms. The van der Waals surface area contributed by atoms with E-state index in [1.807, 2.05) is 18.2 Å². The first-order valence-corrected chi connectivity index (χ1v) is 29.0. The van der Waals surface area contributed by atoms with Gasteiger partial charge in [0.25, 0.3) is 0 Å². The van der Waals surface area contributed by atoms with E-state index in [0.29, 0.717) is 12.8 Å². The molecule has 8 atom stereocenters. The van der Waals surface area contributed by atoms with E-state index < -0.39 is 67.4 Å². The number of amides is 1. The molecule has 0 aliphatic carbocycles. The highest BCUT2D eigenvalue weighted by Crippen LogP contribution is 2.26. The molecule has 1 aliphatic rings. The highest BCUT2D eigenvalue weighted by atomic mass is 16.7. The van der Waals surface area contributed by atoms with Crippen LogP contribution in [0.1, 0.15) is 220 Å². The Morgan fingerprint density at radius 2 is 0.986 bits per heavy atom. The Labute approximate surface area is 444 Å². The number of carbonyl (C=O) groups is 2. The molecule has 1 aliphatic heterocycles. The number of esters is 1. The summed E-state index contributed by atoms with van der Waals surface area (Å²) in [5.41, 5.74) is 0. The highest BCUT2D eigenvalue weighted by molar-refractivity contribution is 5.80. The Morgan fingerprint density at radius 3 is 1.48 bits per heavy atom. The average Bonchev–Trinajstić information content (AvgIpc) is 3.39. The SMILES string of the molecule is CC/C=C\C/C=C\C/C=C\C/C=C\C/C=C\CCCCCCC(O)C(=O)NC(COC1OC(CO)C(O)C(O)C1OC(=O)CC/C=C/C/C=C\CCCCCCCC)C(O)/C=C/CCCCCCCCCCC. The monoisotopic (exact) mass is 1020 g/mol. The Hall–Kier alpha value is -3.42. The topological polar surface area (TPSA) is 175 Å². The van der Waals surface area contributed by atoms with Crippen LogP contribution in [-0.4, -0.2) is 99.6 Å². The van der Waals surface area contributed by atoms with Crippen LogP contribution in [0.25, 0.3) is 0 Å². The fourth-order valence-electron chi connectivity index (χ4n) is 8.38. The Bertz CT molecular complexity index is 1550. The lowest BCUT2D eigenvalue weighted by Crippen LogP contribution is -2.61. The zero-order valence-electron chi connectivity index (χ0n) is 46.0. The number of aliphatic hydroxyl groups is 5. The Balaban J connectivity index is 2.75. The number of nitrogens with one attached hydrogen (secondary N) is 1. The molecule has 6 N–H and O–H groups in total. The molecular weight excluding hydrogens is 919 g/mol.